The van der Waals surface area contributed by atoms with E-state index in [0.717, 1.165) is 15.7 Å². The van der Waals surface area contributed by atoms with Crippen LogP contribution in [0.15, 0.2) is 41.4 Å². The summed E-state index contributed by atoms with van der Waals surface area (Å²) < 4.78 is 2.82. The summed E-state index contributed by atoms with van der Waals surface area (Å²) in [6, 6.07) is 5.78. The average Bonchev–Trinajstić information content (AvgIpc) is 2.70. The molecule has 0 unspecified atom stereocenters. The molecule has 0 bridgehead atoms. The van der Waals surface area contributed by atoms with Crippen molar-refractivity contribution in [2.45, 2.75) is 6.61 Å². The molecule has 1 aromatic carbocycles. The smallest absolute Gasteiger partial charge is 0.0991 e. The van der Waals surface area contributed by atoms with Gasteiger partial charge in [0.15, 0.2) is 0 Å². The number of aromatic nitrogens is 2. The van der Waals surface area contributed by atoms with Gasteiger partial charge in [0.2, 0.25) is 0 Å². The van der Waals surface area contributed by atoms with Crippen LogP contribution in [0.5, 0.6) is 0 Å². The quantitative estimate of drug-likeness (QED) is 0.890. The van der Waals surface area contributed by atoms with Crippen molar-refractivity contribution in [3.63, 3.8) is 0 Å². The lowest BCUT2D eigenvalue weighted by Crippen LogP contribution is -1.92. The van der Waals surface area contributed by atoms with Crippen LogP contribution in [0.4, 0.5) is 0 Å². The monoisotopic (exact) mass is 252 g/mol. The van der Waals surface area contributed by atoms with Gasteiger partial charge in [-0.1, -0.05) is 22.0 Å². The second-order valence-electron chi connectivity index (χ2n) is 2.90. The number of imidazole rings is 1. The molecular formula is C10H9BrN2O. The summed E-state index contributed by atoms with van der Waals surface area (Å²) in [5.41, 5.74) is 1.90. The van der Waals surface area contributed by atoms with E-state index in [4.69, 9.17) is 5.11 Å². The molecule has 1 heterocycles. The number of hydrogen-bond acceptors (Lipinski definition) is 2. The third-order valence-corrected chi connectivity index (χ3v) is 2.75. The molecule has 2 aromatic rings. The van der Waals surface area contributed by atoms with Crippen molar-refractivity contribution >= 4 is 15.9 Å². The van der Waals surface area contributed by atoms with Gasteiger partial charge in [0.1, 0.15) is 0 Å². The largest absolute Gasteiger partial charge is 0.392 e. The topological polar surface area (TPSA) is 38.0 Å². The maximum atomic E-state index is 8.99. The zero-order valence-corrected chi connectivity index (χ0v) is 8.98. The van der Waals surface area contributed by atoms with Crippen molar-refractivity contribution in [2.24, 2.45) is 0 Å². The molecule has 0 atom stereocenters. The first kappa shape index (κ1) is 9.43. The van der Waals surface area contributed by atoms with Crippen LogP contribution in [-0.4, -0.2) is 14.7 Å². The molecule has 4 heteroatoms. The Hall–Kier alpha value is -1.13. The van der Waals surface area contributed by atoms with Crippen LogP contribution in [0, 0.1) is 0 Å². The highest BCUT2D eigenvalue weighted by Crippen LogP contribution is 2.20. The summed E-state index contributed by atoms with van der Waals surface area (Å²) in [6.07, 6.45) is 5.34. The number of aliphatic hydroxyl groups excluding tert-OH is 1. The van der Waals surface area contributed by atoms with E-state index < -0.39 is 0 Å². The van der Waals surface area contributed by atoms with Gasteiger partial charge in [-0.3, -0.25) is 0 Å². The van der Waals surface area contributed by atoms with E-state index in [1.54, 1.807) is 12.5 Å². The van der Waals surface area contributed by atoms with Crippen molar-refractivity contribution < 1.29 is 5.11 Å². The fraction of sp³-hybridized carbons (Fsp3) is 0.100. The number of hydrogen-bond donors (Lipinski definition) is 1. The number of aliphatic hydroxyl groups is 1. The number of nitrogens with zero attached hydrogens (tertiary/aromatic N) is 2. The number of rotatable bonds is 2. The summed E-state index contributed by atoms with van der Waals surface area (Å²) >= 11 is 3.40. The van der Waals surface area contributed by atoms with Gasteiger partial charge in [-0.15, -0.1) is 0 Å². The van der Waals surface area contributed by atoms with Crippen LogP contribution in [0.3, 0.4) is 0 Å². The summed E-state index contributed by atoms with van der Waals surface area (Å²) in [4.78, 5) is 3.97. The maximum Gasteiger partial charge on any atom is 0.0991 e. The first-order valence-corrected chi connectivity index (χ1v) is 4.98. The van der Waals surface area contributed by atoms with E-state index in [2.05, 4.69) is 20.9 Å². The average molecular weight is 253 g/mol. The van der Waals surface area contributed by atoms with Crippen molar-refractivity contribution in [1.29, 1.82) is 0 Å². The predicted molar refractivity (Wildman–Crippen MR) is 57.2 cm³/mol. The lowest BCUT2D eigenvalue weighted by molar-refractivity contribution is 0.281. The molecule has 0 saturated carbocycles. The van der Waals surface area contributed by atoms with Crippen molar-refractivity contribution in [1.82, 2.24) is 9.55 Å². The molecule has 0 radical (unpaired) electrons. The van der Waals surface area contributed by atoms with Gasteiger partial charge in [-0.2, -0.15) is 0 Å². The molecule has 0 amide bonds. The molecule has 0 fully saturated rings. The molecule has 0 aliphatic heterocycles. The number of halogens is 1. The normalized spacial score (nSPS) is 10.4. The van der Waals surface area contributed by atoms with E-state index in [1.165, 1.54) is 0 Å². The van der Waals surface area contributed by atoms with E-state index >= 15 is 0 Å². The molecule has 1 N–H and O–H groups in total. The van der Waals surface area contributed by atoms with Crippen LogP contribution in [-0.2, 0) is 6.61 Å². The Morgan fingerprint density at radius 1 is 1.43 bits per heavy atom. The van der Waals surface area contributed by atoms with Gasteiger partial charge >= 0.3 is 0 Å². The van der Waals surface area contributed by atoms with Gasteiger partial charge < -0.3 is 9.67 Å². The number of benzene rings is 1. The Bertz CT molecular complexity index is 426. The molecule has 14 heavy (non-hydrogen) atoms. The minimum atomic E-state index is 0.0464. The standard InChI is InChI=1S/C10H9BrN2O/c11-10-5-9(2-1-8(10)6-14)13-4-3-12-7-13/h1-5,7,14H,6H2. The van der Waals surface area contributed by atoms with E-state index in [0.29, 0.717) is 0 Å². The second-order valence-corrected chi connectivity index (χ2v) is 3.76. The minimum absolute atomic E-state index is 0.0464. The SMILES string of the molecule is OCc1ccc(-n2ccnc2)cc1Br. The summed E-state index contributed by atoms with van der Waals surface area (Å²) in [6.45, 7) is 0.0464. The Morgan fingerprint density at radius 3 is 2.86 bits per heavy atom. The van der Waals surface area contributed by atoms with E-state index in [1.807, 2.05) is 29.0 Å². The summed E-state index contributed by atoms with van der Waals surface area (Å²) in [5, 5.41) is 8.99. The first-order valence-electron chi connectivity index (χ1n) is 4.19. The van der Waals surface area contributed by atoms with Gasteiger partial charge in [0.05, 0.1) is 12.9 Å². The van der Waals surface area contributed by atoms with E-state index in [9.17, 15) is 0 Å². The molecule has 0 aliphatic carbocycles. The van der Waals surface area contributed by atoms with Crippen LogP contribution in [0.1, 0.15) is 5.56 Å². The Kier molecular flexibility index (Phi) is 2.65. The highest BCUT2D eigenvalue weighted by Gasteiger charge is 2.01. The third kappa shape index (κ3) is 1.71. The van der Waals surface area contributed by atoms with Gasteiger partial charge in [-0.05, 0) is 17.7 Å². The lowest BCUT2D eigenvalue weighted by Gasteiger charge is -2.05. The molecule has 1 aromatic heterocycles. The molecule has 72 valence electrons. The van der Waals surface area contributed by atoms with Gasteiger partial charge in [0.25, 0.3) is 0 Å². The van der Waals surface area contributed by atoms with Crippen LogP contribution in [0.25, 0.3) is 5.69 Å². The summed E-state index contributed by atoms with van der Waals surface area (Å²) in [5.74, 6) is 0. The Labute approximate surface area is 90.2 Å². The second kappa shape index (κ2) is 3.94. The zero-order chi connectivity index (χ0) is 9.97. The van der Waals surface area contributed by atoms with Gasteiger partial charge in [0, 0.05) is 22.6 Å². The maximum absolute atomic E-state index is 8.99. The zero-order valence-electron chi connectivity index (χ0n) is 7.39. The van der Waals surface area contributed by atoms with Crippen molar-refractivity contribution in [2.75, 3.05) is 0 Å². The van der Waals surface area contributed by atoms with Crippen molar-refractivity contribution in [3.05, 3.63) is 47.0 Å². The minimum Gasteiger partial charge on any atom is -0.392 e. The van der Waals surface area contributed by atoms with Crippen LogP contribution < -0.4 is 0 Å². The lowest BCUT2D eigenvalue weighted by atomic mass is 10.2. The molecule has 0 saturated heterocycles. The predicted octanol–water partition coefficient (Wildman–Crippen LogP) is 2.13. The highest BCUT2D eigenvalue weighted by molar-refractivity contribution is 9.10. The molecule has 0 spiro atoms. The van der Waals surface area contributed by atoms with E-state index in [-0.39, 0.29) is 6.61 Å². The van der Waals surface area contributed by atoms with Crippen LogP contribution >= 0.6 is 15.9 Å². The Balaban J connectivity index is 2.43. The highest BCUT2D eigenvalue weighted by atomic mass is 79.9. The molecular weight excluding hydrogens is 244 g/mol. The molecule has 2 rings (SSSR count). The van der Waals surface area contributed by atoms with Crippen molar-refractivity contribution in [3.8, 4) is 5.69 Å². The molecule has 0 aliphatic rings. The third-order valence-electron chi connectivity index (χ3n) is 2.01. The fourth-order valence-electron chi connectivity index (χ4n) is 1.24. The Morgan fingerprint density at radius 2 is 2.29 bits per heavy atom. The fourth-order valence-corrected chi connectivity index (χ4v) is 1.73. The first-order chi connectivity index (χ1) is 6.81. The van der Waals surface area contributed by atoms with Crippen LogP contribution in [0.2, 0.25) is 0 Å². The van der Waals surface area contributed by atoms with Gasteiger partial charge in [-0.25, -0.2) is 4.98 Å². The summed E-state index contributed by atoms with van der Waals surface area (Å²) in [7, 11) is 0. The molecule has 3 nitrogen and oxygen atoms in total.